The van der Waals surface area contributed by atoms with E-state index < -0.39 is 0 Å². The van der Waals surface area contributed by atoms with E-state index in [1.807, 2.05) is 0 Å². The van der Waals surface area contributed by atoms with Crippen LogP contribution in [0.2, 0.25) is 0 Å². The van der Waals surface area contributed by atoms with Crippen molar-refractivity contribution in [2.75, 3.05) is 20.6 Å². The zero-order valence-corrected chi connectivity index (χ0v) is 17.3. The second-order valence-corrected chi connectivity index (χ2v) is 11.0. The zero-order valence-electron chi connectivity index (χ0n) is 17.3. The molecule has 0 N–H and O–H groups in total. The number of nitrogens with zero attached hydrogens (tertiary/aromatic N) is 1. The molecule has 4 aliphatic carbocycles. The highest BCUT2D eigenvalue weighted by Crippen LogP contribution is 2.71. The molecule has 1 spiro atoms. The van der Waals surface area contributed by atoms with E-state index in [1.165, 1.54) is 12.0 Å². The Kier molecular flexibility index (Phi) is 3.62. The summed E-state index contributed by atoms with van der Waals surface area (Å²) < 4.78 is 5.83. The van der Waals surface area contributed by atoms with Gasteiger partial charge in [0.15, 0.2) is 0 Å². The van der Waals surface area contributed by atoms with Crippen molar-refractivity contribution in [2.24, 2.45) is 28.1 Å². The molecule has 5 rings (SSSR count). The predicted molar refractivity (Wildman–Crippen MR) is 103 cm³/mol. The molecule has 27 heavy (non-hydrogen) atoms. The van der Waals surface area contributed by atoms with Gasteiger partial charge in [-0.05, 0) is 87.3 Å². The number of rotatable bonds is 2. The van der Waals surface area contributed by atoms with Gasteiger partial charge in [0.05, 0.1) is 0 Å². The van der Waals surface area contributed by atoms with E-state index >= 15 is 0 Å². The average Bonchev–Trinajstić information content (AvgIpc) is 2.97. The van der Waals surface area contributed by atoms with Gasteiger partial charge in [-0.25, -0.2) is 4.79 Å². The molecule has 3 fully saturated rings. The van der Waals surface area contributed by atoms with E-state index in [0.717, 1.165) is 57.1 Å². The monoisotopic (exact) mass is 371 g/mol. The van der Waals surface area contributed by atoms with Gasteiger partial charge in [0, 0.05) is 24.0 Å². The van der Waals surface area contributed by atoms with Crippen LogP contribution in [0.25, 0.3) is 0 Å². The van der Waals surface area contributed by atoms with E-state index in [2.05, 4.69) is 32.8 Å². The van der Waals surface area contributed by atoms with E-state index in [4.69, 9.17) is 4.74 Å². The highest BCUT2D eigenvalue weighted by molar-refractivity contribution is 5.93. The van der Waals surface area contributed by atoms with Crippen molar-refractivity contribution in [1.82, 2.24) is 4.90 Å². The summed E-state index contributed by atoms with van der Waals surface area (Å²) in [6.07, 6.45) is 8.30. The number of carbonyl (C=O) groups is 2. The molecule has 0 aromatic carbocycles. The van der Waals surface area contributed by atoms with E-state index in [9.17, 15) is 9.59 Å². The van der Waals surface area contributed by atoms with Crippen LogP contribution >= 0.6 is 0 Å². The van der Waals surface area contributed by atoms with Gasteiger partial charge < -0.3 is 9.64 Å². The molecule has 0 unspecified atom stereocenters. The highest BCUT2D eigenvalue weighted by atomic mass is 16.5. The fraction of sp³-hybridized carbons (Fsp3) is 0.826. The standard InChI is InChI=1S/C23H33NO3/c1-21-8-7-17-22(2)9-5-14-19(16(12-24(3)4)27-20(14)26)15(22)6-10-23(17,13-21)11-18(21)25/h15-17H,5-13H2,1-4H3/t15-,16+,17+,21+,22-,23+/m1/s1. The Labute approximate surface area is 162 Å². The maximum Gasteiger partial charge on any atom is 0.334 e. The van der Waals surface area contributed by atoms with Crippen molar-refractivity contribution in [1.29, 1.82) is 0 Å². The van der Waals surface area contributed by atoms with Crippen molar-refractivity contribution in [3.8, 4) is 0 Å². The maximum atomic E-state index is 12.8. The molecule has 3 saturated carbocycles. The summed E-state index contributed by atoms with van der Waals surface area (Å²) in [6, 6.07) is 0. The maximum absolute atomic E-state index is 12.8. The molecule has 1 aliphatic heterocycles. The first-order chi connectivity index (χ1) is 12.7. The number of ether oxygens (including phenoxy) is 1. The molecule has 4 nitrogen and oxygen atoms in total. The molecule has 0 saturated heterocycles. The third kappa shape index (κ3) is 2.25. The summed E-state index contributed by atoms with van der Waals surface area (Å²) in [6.45, 7) is 5.48. The number of ketones is 1. The van der Waals surface area contributed by atoms with Crippen LogP contribution in [0.5, 0.6) is 0 Å². The summed E-state index contributed by atoms with van der Waals surface area (Å²) in [4.78, 5) is 27.5. The topological polar surface area (TPSA) is 46.6 Å². The van der Waals surface area contributed by atoms with Crippen LogP contribution in [0.3, 0.4) is 0 Å². The van der Waals surface area contributed by atoms with E-state index in [0.29, 0.717) is 17.6 Å². The Balaban J connectivity index is 1.53. The van der Waals surface area contributed by atoms with Crippen LogP contribution in [-0.2, 0) is 14.3 Å². The molecular weight excluding hydrogens is 338 g/mol. The summed E-state index contributed by atoms with van der Waals surface area (Å²) >= 11 is 0. The van der Waals surface area contributed by atoms with Crippen molar-refractivity contribution < 1.29 is 14.3 Å². The Morgan fingerprint density at radius 1 is 1.11 bits per heavy atom. The van der Waals surface area contributed by atoms with Gasteiger partial charge in [-0.15, -0.1) is 0 Å². The fourth-order valence-corrected chi connectivity index (χ4v) is 8.08. The third-order valence-electron chi connectivity index (χ3n) is 9.19. The minimum Gasteiger partial charge on any atom is -0.453 e. The molecule has 0 aromatic heterocycles. The quantitative estimate of drug-likeness (QED) is 0.694. The van der Waals surface area contributed by atoms with Crippen LogP contribution in [0.1, 0.15) is 65.2 Å². The number of Topliss-reactive ketones (excluding diaryl/α,β-unsaturated/α-hetero) is 1. The molecule has 148 valence electrons. The number of carbonyl (C=O) groups excluding carboxylic acids is 2. The summed E-state index contributed by atoms with van der Waals surface area (Å²) in [5, 5.41) is 0. The number of fused-ring (bicyclic) bond motifs is 4. The molecule has 5 aliphatic rings. The van der Waals surface area contributed by atoms with Crippen molar-refractivity contribution in [2.45, 2.75) is 71.3 Å². The largest absolute Gasteiger partial charge is 0.453 e. The summed E-state index contributed by atoms with van der Waals surface area (Å²) in [5.41, 5.74) is 2.70. The Hall–Kier alpha value is -1.16. The normalized spacial score (nSPS) is 48.4. The molecule has 0 radical (unpaired) electrons. The van der Waals surface area contributed by atoms with Gasteiger partial charge in [-0.3, -0.25) is 4.79 Å². The predicted octanol–water partition coefficient (Wildman–Crippen LogP) is 3.75. The molecule has 4 heteroatoms. The molecular formula is C23H33NO3. The molecule has 2 bridgehead atoms. The van der Waals surface area contributed by atoms with Gasteiger partial charge in [-0.2, -0.15) is 0 Å². The average molecular weight is 372 g/mol. The number of hydrogen-bond donors (Lipinski definition) is 0. The second kappa shape index (κ2) is 5.46. The molecule has 0 amide bonds. The van der Waals surface area contributed by atoms with Crippen LogP contribution in [-0.4, -0.2) is 43.4 Å². The Morgan fingerprint density at radius 2 is 1.89 bits per heavy atom. The summed E-state index contributed by atoms with van der Waals surface area (Å²) in [7, 11) is 4.10. The number of esters is 1. The van der Waals surface area contributed by atoms with Crippen molar-refractivity contribution in [3.05, 3.63) is 11.1 Å². The third-order valence-corrected chi connectivity index (χ3v) is 9.19. The lowest BCUT2D eigenvalue weighted by molar-refractivity contribution is -0.140. The zero-order chi connectivity index (χ0) is 19.2. The van der Waals surface area contributed by atoms with Crippen molar-refractivity contribution in [3.63, 3.8) is 0 Å². The van der Waals surface area contributed by atoms with Crippen LogP contribution in [0, 0.1) is 28.1 Å². The highest BCUT2D eigenvalue weighted by Gasteiger charge is 2.66. The van der Waals surface area contributed by atoms with Crippen LogP contribution in [0.15, 0.2) is 11.1 Å². The number of hydrogen-bond acceptors (Lipinski definition) is 4. The van der Waals surface area contributed by atoms with Gasteiger partial charge in [-0.1, -0.05) is 13.8 Å². The van der Waals surface area contributed by atoms with Gasteiger partial charge in [0.1, 0.15) is 11.9 Å². The minimum absolute atomic E-state index is 0.0569. The molecule has 0 aromatic rings. The SMILES string of the molecule is CN(C)C[C@@H]1OC(=O)C2=C1[C@H]1CC[C@@]34CC(=O)[C@@](C)(CC[C@H]3[C@]1(C)CC2)C4. The smallest absolute Gasteiger partial charge is 0.334 e. The first kappa shape index (κ1) is 17.9. The van der Waals surface area contributed by atoms with E-state index in [1.54, 1.807) is 0 Å². The Bertz CT molecular complexity index is 755. The molecule has 6 atom stereocenters. The van der Waals surface area contributed by atoms with Crippen molar-refractivity contribution >= 4 is 11.8 Å². The van der Waals surface area contributed by atoms with Crippen LogP contribution in [0.4, 0.5) is 0 Å². The van der Waals surface area contributed by atoms with Gasteiger partial charge >= 0.3 is 5.97 Å². The minimum atomic E-state index is -0.0692. The fourth-order valence-electron chi connectivity index (χ4n) is 8.08. The van der Waals surface area contributed by atoms with E-state index in [-0.39, 0.29) is 28.3 Å². The Morgan fingerprint density at radius 3 is 2.63 bits per heavy atom. The first-order valence-corrected chi connectivity index (χ1v) is 10.8. The van der Waals surface area contributed by atoms with Gasteiger partial charge in [0.25, 0.3) is 0 Å². The lowest BCUT2D eigenvalue weighted by Crippen LogP contribution is -2.53. The summed E-state index contributed by atoms with van der Waals surface area (Å²) in [5.74, 6) is 1.53. The number of cyclic esters (lactones) is 1. The number of likely N-dealkylation sites (N-methyl/N-ethyl adjacent to an activating group) is 1. The lowest BCUT2D eigenvalue weighted by atomic mass is 9.43. The lowest BCUT2D eigenvalue weighted by Gasteiger charge is -2.60. The second-order valence-electron chi connectivity index (χ2n) is 11.0. The molecule has 1 heterocycles. The van der Waals surface area contributed by atoms with Gasteiger partial charge in [0.2, 0.25) is 0 Å². The van der Waals surface area contributed by atoms with Crippen LogP contribution < -0.4 is 0 Å². The first-order valence-electron chi connectivity index (χ1n) is 10.8.